The summed E-state index contributed by atoms with van der Waals surface area (Å²) in [5.41, 5.74) is 1.56. The Kier molecular flexibility index (Phi) is 4.58. The molecule has 1 aliphatic carbocycles. The highest BCUT2D eigenvalue weighted by atomic mass is 32.2. The van der Waals surface area contributed by atoms with Crippen LogP contribution in [0.1, 0.15) is 41.6 Å². The van der Waals surface area contributed by atoms with Crippen molar-refractivity contribution in [2.75, 3.05) is 27.2 Å². The van der Waals surface area contributed by atoms with Crippen molar-refractivity contribution >= 4 is 15.8 Å². The monoisotopic (exact) mass is 336 g/mol. The van der Waals surface area contributed by atoms with Gasteiger partial charge in [0.05, 0.1) is 4.90 Å². The van der Waals surface area contributed by atoms with Gasteiger partial charge in [0.1, 0.15) is 0 Å². The Morgan fingerprint density at radius 1 is 1.22 bits per heavy atom. The lowest BCUT2D eigenvalue weighted by Crippen LogP contribution is -2.47. The van der Waals surface area contributed by atoms with Crippen LogP contribution in [0.25, 0.3) is 0 Å². The molecule has 0 bridgehead atoms. The lowest BCUT2D eigenvalue weighted by atomic mass is 9.91. The van der Waals surface area contributed by atoms with Crippen LogP contribution in [-0.2, 0) is 16.4 Å². The lowest BCUT2D eigenvalue weighted by molar-refractivity contribution is 0.0972. The van der Waals surface area contributed by atoms with Gasteiger partial charge in [-0.1, -0.05) is 6.07 Å². The molecule has 1 unspecified atom stereocenters. The highest BCUT2D eigenvalue weighted by molar-refractivity contribution is 7.89. The van der Waals surface area contributed by atoms with Crippen molar-refractivity contribution in [2.24, 2.45) is 0 Å². The smallest absolute Gasteiger partial charge is 0.243 e. The van der Waals surface area contributed by atoms with E-state index in [2.05, 4.69) is 4.90 Å². The van der Waals surface area contributed by atoms with E-state index >= 15 is 0 Å². The number of ketones is 1. The number of piperidine rings is 1. The third kappa shape index (κ3) is 3.20. The topological polar surface area (TPSA) is 57.7 Å². The first-order valence-electron chi connectivity index (χ1n) is 8.22. The van der Waals surface area contributed by atoms with Crippen molar-refractivity contribution in [3.05, 3.63) is 29.3 Å². The molecule has 1 saturated heterocycles. The summed E-state index contributed by atoms with van der Waals surface area (Å²) >= 11 is 0. The number of likely N-dealkylation sites (tertiary alicyclic amines) is 1. The van der Waals surface area contributed by atoms with Gasteiger partial charge in [-0.05, 0) is 57.0 Å². The number of sulfonamides is 1. The molecular weight excluding hydrogens is 312 g/mol. The fourth-order valence-corrected chi connectivity index (χ4v) is 4.97. The summed E-state index contributed by atoms with van der Waals surface area (Å²) in [7, 11) is 0.107. The number of benzene rings is 1. The van der Waals surface area contributed by atoms with Gasteiger partial charge < -0.3 is 4.90 Å². The molecular formula is C17H24N2O3S. The summed E-state index contributed by atoms with van der Waals surface area (Å²) in [4.78, 5) is 14.5. The zero-order valence-corrected chi connectivity index (χ0v) is 14.6. The molecule has 0 radical (unpaired) electrons. The summed E-state index contributed by atoms with van der Waals surface area (Å²) in [6, 6.07) is 5.02. The van der Waals surface area contributed by atoms with Gasteiger partial charge in [0.25, 0.3) is 0 Å². The lowest BCUT2D eigenvalue weighted by Gasteiger charge is -2.35. The van der Waals surface area contributed by atoms with E-state index in [1.54, 1.807) is 25.2 Å². The van der Waals surface area contributed by atoms with Gasteiger partial charge in [-0.25, -0.2) is 8.42 Å². The van der Waals surface area contributed by atoms with Crippen molar-refractivity contribution < 1.29 is 13.2 Å². The van der Waals surface area contributed by atoms with E-state index in [1.807, 2.05) is 7.05 Å². The van der Waals surface area contributed by atoms with Crippen molar-refractivity contribution in [1.82, 2.24) is 9.21 Å². The summed E-state index contributed by atoms with van der Waals surface area (Å²) in [6.07, 6.45) is 4.10. The second-order valence-corrected chi connectivity index (χ2v) is 8.67. The number of likely N-dealkylation sites (N-methyl/N-ethyl adjacent to an activating group) is 2. The van der Waals surface area contributed by atoms with Crippen LogP contribution in [0, 0.1) is 0 Å². The Morgan fingerprint density at radius 2 is 2.00 bits per heavy atom. The zero-order chi connectivity index (χ0) is 16.6. The molecule has 1 fully saturated rings. The van der Waals surface area contributed by atoms with Crippen molar-refractivity contribution in [2.45, 2.75) is 43.0 Å². The highest BCUT2D eigenvalue weighted by Gasteiger charge is 2.31. The van der Waals surface area contributed by atoms with Gasteiger partial charge in [0.2, 0.25) is 10.0 Å². The standard InChI is InChI=1S/C17H24N2O3S/c1-18-10-4-6-14(12-18)19(2)23(21,22)15-9-8-13-5-3-7-17(20)16(13)11-15/h8-9,11,14H,3-7,10,12H2,1-2H3. The van der Waals surface area contributed by atoms with Gasteiger partial charge in [-0.15, -0.1) is 0 Å². The van der Waals surface area contributed by atoms with E-state index in [0.717, 1.165) is 44.3 Å². The molecule has 1 aliphatic heterocycles. The second kappa shape index (κ2) is 6.34. The number of aryl methyl sites for hydroxylation is 1. The Bertz CT molecular complexity index is 715. The van der Waals surface area contributed by atoms with Crippen LogP contribution in [0.4, 0.5) is 0 Å². The Hall–Kier alpha value is -1.24. The van der Waals surface area contributed by atoms with Gasteiger partial charge in [-0.2, -0.15) is 4.31 Å². The first-order valence-corrected chi connectivity index (χ1v) is 9.66. The number of carbonyl (C=O) groups is 1. The molecule has 0 N–H and O–H groups in total. The van der Waals surface area contributed by atoms with Crippen LogP contribution < -0.4 is 0 Å². The highest BCUT2D eigenvalue weighted by Crippen LogP contribution is 2.27. The maximum absolute atomic E-state index is 12.9. The summed E-state index contributed by atoms with van der Waals surface area (Å²) in [6.45, 7) is 1.76. The molecule has 1 atom stereocenters. The molecule has 0 aromatic heterocycles. The number of hydrogen-bond donors (Lipinski definition) is 0. The average Bonchev–Trinajstić information content (AvgIpc) is 2.54. The van der Waals surface area contributed by atoms with Crippen LogP contribution in [-0.4, -0.2) is 56.6 Å². The van der Waals surface area contributed by atoms with E-state index in [9.17, 15) is 13.2 Å². The quantitative estimate of drug-likeness (QED) is 0.846. The fourth-order valence-electron chi connectivity index (χ4n) is 3.57. The molecule has 0 saturated carbocycles. The van der Waals surface area contributed by atoms with Crippen molar-refractivity contribution in [1.29, 1.82) is 0 Å². The minimum Gasteiger partial charge on any atom is -0.305 e. The number of rotatable bonds is 3. The maximum atomic E-state index is 12.9. The number of nitrogens with zero attached hydrogens (tertiary/aromatic N) is 2. The van der Waals surface area contributed by atoms with Gasteiger partial charge in [-0.3, -0.25) is 4.79 Å². The first-order chi connectivity index (χ1) is 10.9. The molecule has 126 valence electrons. The van der Waals surface area contributed by atoms with Crippen LogP contribution in [0.5, 0.6) is 0 Å². The van der Waals surface area contributed by atoms with Crippen molar-refractivity contribution in [3.63, 3.8) is 0 Å². The molecule has 0 spiro atoms. The maximum Gasteiger partial charge on any atom is 0.243 e. The first kappa shape index (κ1) is 16.6. The molecule has 23 heavy (non-hydrogen) atoms. The normalized spacial score (nSPS) is 23.1. The minimum atomic E-state index is -3.56. The number of hydrogen-bond acceptors (Lipinski definition) is 4. The zero-order valence-electron chi connectivity index (χ0n) is 13.8. The van der Waals surface area contributed by atoms with Crippen LogP contribution in [0.2, 0.25) is 0 Å². The van der Waals surface area contributed by atoms with Crippen LogP contribution >= 0.6 is 0 Å². The number of carbonyl (C=O) groups excluding carboxylic acids is 1. The Morgan fingerprint density at radius 3 is 2.74 bits per heavy atom. The SMILES string of the molecule is CN1CCCC(N(C)S(=O)(=O)c2ccc3c(c2)C(=O)CCC3)C1. The molecule has 5 nitrogen and oxygen atoms in total. The van der Waals surface area contributed by atoms with E-state index in [0.29, 0.717) is 12.0 Å². The molecule has 6 heteroatoms. The van der Waals surface area contributed by atoms with Gasteiger partial charge in [0.15, 0.2) is 5.78 Å². The van der Waals surface area contributed by atoms with E-state index in [1.165, 1.54) is 4.31 Å². The van der Waals surface area contributed by atoms with E-state index in [-0.39, 0.29) is 16.7 Å². The summed E-state index contributed by atoms with van der Waals surface area (Å²) in [5, 5.41) is 0. The second-order valence-electron chi connectivity index (χ2n) is 6.68. The van der Waals surface area contributed by atoms with Crippen LogP contribution in [0.15, 0.2) is 23.1 Å². The molecule has 1 aromatic rings. The Labute approximate surface area is 138 Å². The number of fused-ring (bicyclic) bond motifs is 1. The van der Waals surface area contributed by atoms with E-state index < -0.39 is 10.0 Å². The third-order valence-corrected chi connectivity index (χ3v) is 6.93. The van der Waals surface area contributed by atoms with Crippen LogP contribution in [0.3, 0.4) is 0 Å². The van der Waals surface area contributed by atoms with Gasteiger partial charge >= 0.3 is 0 Å². The largest absolute Gasteiger partial charge is 0.305 e. The average molecular weight is 336 g/mol. The fraction of sp³-hybridized carbons (Fsp3) is 0.588. The van der Waals surface area contributed by atoms with Crippen molar-refractivity contribution in [3.8, 4) is 0 Å². The molecule has 2 aliphatic rings. The minimum absolute atomic E-state index is 0.00881. The third-order valence-electron chi connectivity index (χ3n) is 5.02. The number of Topliss-reactive ketones (excluding diaryl/α,β-unsaturated/α-hetero) is 1. The molecule has 0 amide bonds. The van der Waals surface area contributed by atoms with E-state index in [4.69, 9.17) is 0 Å². The predicted octanol–water partition coefficient (Wildman–Crippen LogP) is 1.92. The van der Waals surface area contributed by atoms with Gasteiger partial charge in [0, 0.05) is 31.6 Å². The summed E-state index contributed by atoms with van der Waals surface area (Å²) in [5.74, 6) is 0.0587. The Balaban J connectivity index is 1.90. The molecule has 3 rings (SSSR count). The predicted molar refractivity (Wildman–Crippen MR) is 89.2 cm³/mol. The molecule has 1 aromatic carbocycles. The molecule has 1 heterocycles. The summed E-state index contributed by atoms with van der Waals surface area (Å²) < 4.78 is 27.3.